The summed E-state index contributed by atoms with van der Waals surface area (Å²) in [5.41, 5.74) is 2.24. The molecule has 4 heteroatoms. The molecule has 3 nitrogen and oxygen atoms in total. The molecule has 0 saturated heterocycles. The van der Waals surface area contributed by atoms with E-state index in [-0.39, 0.29) is 11.9 Å². The van der Waals surface area contributed by atoms with Gasteiger partial charge in [0.15, 0.2) is 0 Å². The predicted molar refractivity (Wildman–Crippen MR) is 105 cm³/mol. The quantitative estimate of drug-likeness (QED) is 0.579. The molecule has 1 atom stereocenters. The molecule has 0 radical (unpaired) electrons. The summed E-state index contributed by atoms with van der Waals surface area (Å²) in [5, 5.41) is 0.778. The SMILES string of the molecule is CCCCC(=O)N(Cc1cccn1Cc1ccccc1Cl)[C@@H](C)CC. The molecule has 0 aliphatic carbocycles. The lowest BCUT2D eigenvalue weighted by Crippen LogP contribution is -2.38. The van der Waals surface area contributed by atoms with Crippen molar-refractivity contribution < 1.29 is 4.79 Å². The van der Waals surface area contributed by atoms with Gasteiger partial charge in [-0.25, -0.2) is 0 Å². The molecule has 1 amide bonds. The lowest BCUT2D eigenvalue weighted by atomic mass is 10.1. The van der Waals surface area contributed by atoms with Crippen molar-refractivity contribution in [2.24, 2.45) is 0 Å². The molecule has 1 aromatic heterocycles. The van der Waals surface area contributed by atoms with E-state index in [1.165, 1.54) is 0 Å². The van der Waals surface area contributed by atoms with Crippen LogP contribution in [0.5, 0.6) is 0 Å². The van der Waals surface area contributed by atoms with Crippen LogP contribution < -0.4 is 0 Å². The van der Waals surface area contributed by atoms with Gasteiger partial charge in [-0.1, -0.05) is 50.1 Å². The number of hydrogen-bond acceptors (Lipinski definition) is 1. The zero-order chi connectivity index (χ0) is 18.2. The highest BCUT2D eigenvalue weighted by Gasteiger charge is 2.20. The number of unbranched alkanes of at least 4 members (excludes halogenated alkanes) is 1. The minimum absolute atomic E-state index is 0.244. The summed E-state index contributed by atoms with van der Waals surface area (Å²) < 4.78 is 2.18. The van der Waals surface area contributed by atoms with Crippen LogP contribution in [0.2, 0.25) is 5.02 Å². The van der Waals surface area contributed by atoms with Gasteiger partial charge in [-0.15, -0.1) is 0 Å². The summed E-state index contributed by atoms with van der Waals surface area (Å²) in [6, 6.07) is 12.3. The Bertz CT molecular complexity index is 680. The maximum Gasteiger partial charge on any atom is 0.223 e. The van der Waals surface area contributed by atoms with Crippen LogP contribution in [0.25, 0.3) is 0 Å². The number of halogens is 1. The Morgan fingerprint density at radius 3 is 2.64 bits per heavy atom. The van der Waals surface area contributed by atoms with Crippen LogP contribution in [0.15, 0.2) is 42.6 Å². The average Bonchev–Trinajstić information content (AvgIpc) is 3.05. The second-order valence-corrected chi connectivity index (χ2v) is 7.01. The van der Waals surface area contributed by atoms with E-state index in [2.05, 4.69) is 37.6 Å². The standard InChI is InChI=1S/C21H29ClN2O/c1-4-6-13-21(25)24(17(3)5-2)16-19-11-9-14-23(19)15-18-10-7-8-12-20(18)22/h7-12,14,17H,4-6,13,15-16H2,1-3H3/t17-/m0/s1. The number of carbonyl (C=O) groups is 1. The van der Waals surface area contributed by atoms with Crippen molar-refractivity contribution in [3.63, 3.8) is 0 Å². The molecule has 0 aliphatic heterocycles. The molecule has 0 spiro atoms. The van der Waals surface area contributed by atoms with E-state index in [0.717, 1.165) is 42.1 Å². The predicted octanol–water partition coefficient (Wildman–Crippen LogP) is 5.51. The van der Waals surface area contributed by atoms with Crippen molar-refractivity contribution >= 4 is 17.5 Å². The first-order valence-electron chi connectivity index (χ1n) is 9.23. The Balaban J connectivity index is 2.16. The van der Waals surface area contributed by atoms with Crippen LogP contribution in [0.4, 0.5) is 0 Å². The highest BCUT2D eigenvalue weighted by molar-refractivity contribution is 6.31. The Kier molecular flexibility index (Phi) is 7.57. The lowest BCUT2D eigenvalue weighted by Gasteiger charge is -2.29. The molecule has 0 N–H and O–H groups in total. The van der Waals surface area contributed by atoms with Gasteiger partial charge in [0, 0.05) is 35.9 Å². The summed E-state index contributed by atoms with van der Waals surface area (Å²) >= 11 is 6.30. The van der Waals surface area contributed by atoms with Crippen LogP contribution in [-0.2, 0) is 17.9 Å². The molecule has 2 rings (SSSR count). The number of rotatable bonds is 9. The first kappa shape index (κ1) is 19.6. The van der Waals surface area contributed by atoms with Gasteiger partial charge in [-0.2, -0.15) is 0 Å². The molecule has 0 saturated carbocycles. The topological polar surface area (TPSA) is 25.2 Å². The third-order valence-corrected chi connectivity index (χ3v) is 5.11. The number of amides is 1. The molecule has 0 aliphatic rings. The van der Waals surface area contributed by atoms with E-state index in [4.69, 9.17) is 11.6 Å². The zero-order valence-corrected chi connectivity index (χ0v) is 16.3. The minimum Gasteiger partial charge on any atom is -0.345 e. The van der Waals surface area contributed by atoms with Gasteiger partial charge < -0.3 is 9.47 Å². The first-order valence-corrected chi connectivity index (χ1v) is 9.61. The fourth-order valence-electron chi connectivity index (χ4n) is 2.91. The largest absolute Gasteiger partial charge is 0.345 e. The fourth-order valence-corrected chi connectivity index (χ4v) is 3.11. The van der Waals surface area contributed by atoms with Crippen LogP contribution in [-0.4, -0.2) is 21.4 Å². The molecule has 0 fully saturated rings. The second-order valence-electron chi connectivity index (χ2n) is 6.60. The van der Waals surface area contributed by atoms with Crippen molar-refractivity contribution in [1.29, 1.82) is 0 Å². The van der Waals surface area contributed by atoms with Crippen LogP contribution in [0.3, 0.4) is 0 Å². The van der Waals surface area contributed by atoms with Gasteiger partial charge in [0.1, 0.15) is 0 Å². The van der Waals surface area contributed by atoms with E-state index in [1.54, 1.807) is 0 Å². The Labute approximate surface area is 156 Å². The number of hydrogen-bond donors (Lipinski definition) is 0. The monoisotopic (exact) mass is 360 g/mol. The van der Waals surface area contributed by atoms with Gasteiger partial charge in [0.25, 0.3) is 0 Å². The number of carbonyl (C=O) groups excluding carboxylic acids is 1. The normalized spacial score (nSPS) is 12.2. The van der Waals surface area contributed by atoms with E-state index >= 15 is 0 Å². The van der Waals surface area contributed by atoms with E-state index in [1.807, 2.05) is 35.2 Å². The van der Waals surface area contributed by atoms with Crippen molar-refractivity contribution in [3.8, 4) is 0 Å². The van der Waals surface area contributed by atoms with Gasteiger partial charge in [0.2, 0.25) is 5.91 Å². The molecule has 2 aromatic rings. The highest BCUT2D eigenvalue weighted by Crippen LogP contribution is 2.19. The lowest BCUT2D eigenvalue weighted by molar-refractivity contribution is -0.134. The van der Waals surface area contributed by atoms with Gasteiger partial charge in [-0.3, -0.25) is 4.79 Å². The van der Waals surface area contributed by atoms with Crippen molar-refractivity contribution in [1.82, 2.24) is 9.47 Å². The summed E-state index contributed by atoms with van der Waals surface area (Å²) in [6.07, 6.45) is 5.65. The second kappa shape index (κ2) is 9.67. The fraction of sp³-hybridized carbons (Fsp3) is 0.476. The molecule has 0 bridgehead atoms. The minimum atomic E-state index is 0.244. The van der Waals surface area contributed by atoms with Crippen LogP contribution >= 0.6 is 11.6 Å². The third kappa shape index (κ3) is 5.37. The Hall–Kier alpha value is -1.74. The maximum atomic E-state index is 12.6. The average molecular weight is 361 g/mol. The van der Waals surface area contributed by atoms with E-state index in [9.17, 15) is 4.79 Å². The van der Waals surface area contributed by atoms with Crippen LogP contribution in [0, 0.1) is 0 Å². The molecule has 0 unspecified atom stereocenters. The number of aromatic nitrogens is 1. The van der Waals surface area contributed by atoms with Crippen molar-refractivity contribution in [2.45, 2.75) is 65.6 Å². The smallest absolute Gasteiger partial charge is 0.223 e. The number of benzene rings is 1. The van der Waals surface area contributed by atoms with Gasteiger partial charge in [0.05, 0.1) is 6.54 Å². The molecule has 1 heterocycles. The third-order valence-electron chi connectivity index (χ3n) is 4.74. The Morgan fingerprint density at radius 2 is 1.96 bits per heavy atom. The molecular formula is C21H29ClN2O. The number of nitrogens with zero attached hydrogens (tertiary/aromatic N) is 2. The van der Waals surface area contributed by atoms with Crippen molar-refractivity contribution in [3.05, 3.63) is 58.9 Å². The Morgan fingerprint density at radius 1 is 1.20 bits per heavy atom. The first-order chi connectivity index (χ1) is 12.1. The van der Waals surface area contributed by atoms with Gasteiger partial charge >= 0.3 is 0 Å². The molecule has 1 aromatic carbocycles. The van der Waals surface area contributed by atoms with E-state index in [0.29, 0.717) is 13.0 Å². The summed E-state index contributed by atoms with van der Waals surface area (Å²) in [5.74, 6) is 0.252. The maximum absolute atomic E-state index is 12.6. The molecule has 136 valence electrons. The zero-order valence-electron chi connectivity index (χ0n) is 15.5. The molecule has 25 heavy (non-hydrogen) atoms. The summed E-state index contributed by atoms with van der Waals surface area (Å²) in [7, 11) is 0. The van der Waals surface area contributed by atoms with Crippen LogP contribution in [0.1, 0.15) is 57.7 Å². The van der Waals surface area contributed by atoms with Gasteiger partial charge in [-0.05, 0) is 43.5 Å². The summed E-state index contributed by atoms with van der Waals surface area (Å²) in [4.78, 5) is 14.7. The summed E-state index contributed by atoms with van der Waals surface area (Å²) in [6.45, 7) is 7.75. The van der Waals surface area contributed by atoms with E-state index < -0.39 is 0 Å². The molecular weight excluding hydrogens is 332 g/mol. The highest BCUT2D eigenvalue weighted by atomic mass is 35.5. The van der Waals surface area contributed by atoms with Crippen molar-refractivity contribution in [2.75, 3.05) is 0 Å².